The third-order valence-corrected chi connectivity index (χ3v) is 7.52. The SMILES string of the molecule is O=C(CSc1nnc(-c2ccccc2Cl)n1C1CCCC1)N1CCN(c2ncccn2)CC1. The van der Waals surface area contributed by atoms with Gasteiger partial charge in [0, 0.05) is 50.2 Å². The molecule has 2 aromatic heterocycles. The van der Waals surface area contributed by atoms with E-state index in [1.807, 2.05) is 35.2 Å². The van der Waals surface area contributed by atoms with Crippen molar-refractivity contribution in [2.45, 2.75) is 36.9 Å². The number of thioether (sulfide) groups is 1. The van der Waals surface area contributed by atoms with Gasteiger partial charge >= 0.3 is 0 Å². The Labute approximate surface area is 202 Å². The van der Waals surface area contributed by atoms with Gasteiger partial charge in [-0.3, -0.25) is 9.36 Å². The molecule has 0 atom stereocenters. The second kappa shape index (κ2) is 10.1. The maximum atomic E-state index is 13.0. The Morgan fingerprint density at radius 2 is 1.73 bits per heavy atom. The minimum absolute atomic E-state index is 0.119. The lowest BCUT2D eigenvalue weighted by atomic mass is 10.2. The number of anilines is 1. The van der Waals surface area contributed by atoms with Crippen molar-refractivity contribution in [2.75, 3.05) is 36.8 Å². The molecule has 0 bridgehead atoms. The number of aromatic nitrogens is 5. The third kappa shape index (κ3) is 4.84. The van der Waals surface area contributed by atoms with Gasteiger partial charge in [0.15, 0.2) is 11.0 Å². The number of carbonyl (C=O) groups is 1. The average molecular weight is 484 g/mol. The molecule has 1 aliphatic carbocycles. The highest BCUT2D eigenvalue weighted by molar-refractivity contribution is 7.99. The summed E-state index contributed by atoms with van der Waals surface area (Å²) in [4.78, 5) is 25.6. The number of carbonyl (C=O) groups excluding carboxylic acids is 1. The van der Waals surface area contributed by atoms with Crippen LogP contribution in [0, 0.1) is 0 Å². The van der Waals surface area contributed by atoms with Gasteiger partial charge in [-0.05, 0) is 31.0 Å². The molecule has 172 valence electrons. The third-order valence-electron chi connectivity index (χ3n) is 6.26. The summed E-state index contributed by atoms with van der Waals surface area (Å²) in [6.45, 7) is 2.79. The zero-order valence-corrected chi connectivity index (χ0v) is 19.9. The van der Waals surface area contributed by atoms with Crippen LogP contribution in [0.3, 0.4) is 0 Å². The molecule has 2 aliphatic rings. The molecule has 1 aliphatic heterocycles. The molecule has 0 unspecified atom stereocenters. The van der Waals surface area contributed by atoms with Gasteiger partial charge in [-0.25, -0.2) is 9.97 Å². The van der Waals surface area contributed by atoms with Crippen LogP contribution < -0.4 is 4.90 Å². The van der Waals surface area contributed by atoms with Gasteiger partial charge in [0.25, 0.3) is 0 Å². The van der Waals surface area contributed by atoms with Crippen molar-refractivity contribution in [3.05, 3.63) is 47.7 Å². The Balaban J connectivity index is 1.26. The van der Waals surface area contributed by atoms with E-state index in [0.717, 1.165) is 48.4 Å². The largest absolute Gasteiger partial charge is 0.338 e. The first kappa shape index (κ1) is 22.2. The summed E-state index contributed by atoms with van der Waals surface area (Å²) in [5, 5.41) is 10.4. The monoisotopic (exact) mass is 483 g/mol. The van der Waals surface area contributed by atoms with E-state index >= 15 is 0 Å². The molecule has 8 nitrogen and oxygen atoms in total. The number of benzene rings is 1. The van der Waals surface area contributed by atoms with Crippen molar-refractivity contribution < 1.29 is 4.79 Å². The fourth-order valence-corrected chi connectivity index (χ4v) is 5.65. The van der Waals surface area contributed by atoms with Crippen LogP contribution in [0.15, 0.2) is 47.9 Å². The first-order valence-electron chi connectivity index (χ1n) is 11.3. The van der Waals surface area contributed by atoms with Crippen molar-refractivity contribution in [2.24, 2.45) is 0 Å². The fraction of sp³-hybridized carbons (Fsp3) is 0.435. The minimum atomic E-state index is 0.119. The van der Waals surface area contributed by atoms with E-state index in [9.17, 15) is 4.79 Å². The van der Waals surface area contributed by atoms with Crippen molar-refractivity contribution in [1.29, 1.82) is 0 Å². The van der Waals surface area contributed by atoms with Crippen LogP contribution in [0.4, 0.5) is 5.95 Å². The molecular formula is C23H26ClN7OS. The number of hydrogen-bond donors (Lipinski definition) is 0. The van der Waals surface area contributed by atoms with Crippen LogP contribution in [0.1, 0.15) is 31.7 Å². The Bertz CT molecular complexity index is 1100. The maximum Gasteiger partial charge on any atom is 0.233 e. The van der Waals surface area contributed by atoms with Crippen LogP contribution in [0.5, 0.6) is 0 Å². The fourth-order valence-electron chi connectivity index (χ4n) is 4.52. The van der Waals surface area contributed by atoms with Crippen molar-refractivity contribution in [3.8, 4) is 11.4 Å². The molecule has 10 heteroatoms. The lowest BCUT2D eigenvalue weighted by Crippen LogP contribution is -2.49. The zero-order valence-electron chi connectivity index (χ0n) is 18.3. The van der Waals surface area contributed by atoms with Crippen LogP contribution in [-0.2, 0) is 4.79 Å². The number of piperazine rings is 1. The van der Waals surface area contributed by atoms with Gasteiger partial charge in [-0.1, -0.05) is 48.3 Å². The Hall–Kier alpha value is -2.65. The molecule has 33 heavy (non-hydrogen) atoms. The predicted molar refractivity (Wildman–Crippen MR) is 130 cm³/mol. The Morgan fingerprint density at radius 3 is 2.45 bits per heavy atom. The van der Waals surface area contributed by atoms with Gasteiger partial charge in [0.05, 0.1) is 10.8 Å². The van der Waals surface area contributed by atoms with Crippen LogP contribution in [-0.4, -0.2) is 67.5 Å². The Morgan fingerprint density at radius 1 is 1.00 bits per heavy atom. The average Bonchev–Trinajstić information content (AvgIpc) is 3.53. The lowest BCUT2D eigenvalue weighted by Gasteiger charge is -2.34. The first-order valence-corrected chi connectivity index (χ1v) is 12.7. The molecule has 2 fully saturated rings. The smallest absolute Gasteiger partial charge is 0.233 e. The van der Waals surface area contributed by atoms with E-state index in [0.29, 0.717) is 29.9 Å². The van der Waals surface area contributed by atoms with E-state index in [2.05, 4.69) is 29.6 Å². The quantitative estimate of drug-likeness (QED) is 0.491. The van der Waals surface area contributed by atoms with Crippen LogP contribution >= 0.6 is 23.4 Å². The number of rotatable bonds is 6. The van der Waals surface area contributed by atoms with Crippen LogP contribution in [0.2, 0.25) is 5.02 Å². The van der Waals surface area contributed by atoms with Gasteiger partial charge in [0.1, 0.15) is 0 Å². The number of amides is 1. The maximum absolute atomic E-state index is 13.0. The molecule has 0 spiro atoms. The standard InChI is InChI=1S/C23H26ClN7OS/c24-19-9-4-3-8-18(19)21-27-28-23(31(21)17-6-1-2-7-17)33-16-20(32)29-12-14-30(15-13-29)22-25-10-5-11-26-22/h3-5,8-11,17H,1-2,6-7,12-16H2. The predicted octanol–water partition coefficient (Wildman–Crippen LogP) is 3.94. The summed E-state index contributed by atoms with van der Waals surface area (Å²) in [6.07, 6.45) is 8.08. The van der Waals surface area contributed by atoms with Gasteiger partial charge in [-0.15, -0.1) is 10.2 Å². The second-order valence-corrected chi connectivity index (χ2v) is 9.65. The summed E-state index contributed by atoms with van der Waals surface area (Å²) in [5.41, 5.74) is 0.885. The number of hydrogen-bond acceptors (Lipinski definition) is 7. The highest BCUT2D eigenvalue weighted by Crippen LogP contribution is 2.38. The zero-order chi connectivity index (χ0) is 22.6. The van der Waals surface area contributed by atoms with Crippen molar-refractivity contribution >= 4 is 35.2 Å². The second-order valence-electron chi connectivity index (χ2n) is 8.30. The molecule has 3 aromatic rings. The normalized spacial score (nSPS) is 17.0. The van der Waals surface area contributed by atoms with Crippen molar-refractivity contribution in [3.63, 3.8) is 0 Å². The number of nitrogens with zero attached hydrogens (tertiary/aromatic N) is 7. The van der Waals surface area contributed by atoms with Crippen molar-refractivity contribution in [1.82, 2.24) is 29.6 Å². The van der Waals surface area contributed by atoms with E-state index in [4.69, 9.17) is 11.6 Å². The minimum Gasteiger partial charge on any atom is -0.338 e. The summed E-state index contributed by atoms with van der Waals surface area (Å²) < 4.78 is 2.21. The summed E-state index contributed by atoms with van der Waals surface area (Å²) >= 11 is 7.94. The summed E-state index contributed by atoms with van der Waals surface area (Å²) in [6, 6.07) is 9.89. The topological polar surface area (TPSA) is 80.0 Å². The molecule has 0 N–H and O–H groups in total. The molecule has 1 aromatic carbocycles. The van der Waals surface area contributed by atoms with E-state index < -0.39 is 0 Å². The summed E-state index contributed by atoms with van der Waals surface area (Å²) in [5.74, 6) is 1.97. The van der Waals surface area contributed by atoms with Gasteiger partial charge in [0.2, 0.25) is 11.9 Å². The highest BCUT2D eigenvalue weighted by Gasteiger charge is 2.27. The highest BCUT2D eigenvalue weighted by atomic mass is 35.5. The van der Waals surface area contributed by atoms with E-state index in [1.165, 1.54) is 24.6 Å². The molecule has 3 heterocycles. The Kier molecular flexibility index (Phi) is 6.78. The summed E-state index contributed by atoms with van der Waals surface area (Å²) in [7, 11) is 0. The van der Waals surface area contributed by atoms with Gasteiger partial charge in [-0.2, -0.15) is 0 Å². The molecule has 1 amide bonds. The molecule has 0 radical (unpaired) electrons. The lowest BCUT2D eigenvalue weighted by molar-refractivity contribution is -0.128. The molecule has 1 saturated heterocycles. The van der Waals surface area contributed by atoms with E-state index in [-0.39, 0.29) is 5.91 Å². The van der Waals surface area contributed by atoms with Crippen LogP contribution in [0.25, 0.3) is 11.4 Å². The number of halogens is 1. The molecule has 1 saturated carbocycles. The molecule has 5 rings (SSSR count). The first-order chi connectivity index (χ1) is 16.2. The van der Waals surface area contributed by atoms with E-state index in [1.54, 1.807) is 12.4 Å². The molecular weight excluding hydrogens is 458 g/mol. The van der Waals surface area contributed by atoms with Gasteiger partial charge < -0.3 is 9.80 Å².